The molecular formula is C23H22Cl2N6O2. The van der Waals surface area contributed by atoms with Crippen molar-refractivity contribution in [2.45, 2.75) is 0 Å². The number of anilines is 2. The highest BCUT2D eigenvalue weighted by atomic mass is 35.5. The summed E-state index contributed by atoms with van der Waals surface area (Å²) in [5.41, 5.74) is 3.56. The Balaban J connectivity index is 1.38. The molecule has 10 heteroatoms. The molecule has 4 heterocycles. The first kappa shape index (κ1) is 21.6. The zero-order valence-electron chi connectivity index (χ0n) is 18.2. The van der Waals surface area contributed by atoms with Crippen LogP contribution in [0.1, 0.15) is 0 Å². The molecule has 0 aliphatic carbocycles. The van der Waals surface area contributed by atoms with E-state index in [4.69, 9.17) is 37.7 Å². The third kappa shape index (κ3) is 4.24. The van der Waals surface area contributed by atoms with E-state index in [1.165, 1.54) is 6.33 Å². The minimum atomic E-state index is 0.456. The van der Waals surface area contributed by atoms with Crippen molar-refractivity contribution in [3.05, 3.63) is 59.2 Å². The summed E-state index contributed by atoms with van der Waals surface area (Å²) >= 11 is 12.4. The number of halogens is 2. The van der Waals surface area contributed by atoms with E-state index in [0.717, 1.165) is 54.6 Å². The van der Waals surface area contributed by atoms with E-state index in [1.807, 2.05) is 22.9 Å². The predicted octanol–water partition coefficient (Wildman–Crippen LogP) is 4.44. The first-order valence-electron chi connectivity index (χ1n) is 10.4. The Morgan fingerprint density at radius 1 is 0.879 bits per heavy atom. The van der Waals surface area contributed by atoms with Gasteiger partial charge in [0.15, 0.2) is 0 Å². The second-order valence-electron chi connectivity index (χ2n) is 7.64. The molecule has 5 rings (SSSR count). The average Bonchev–Trinajstić information content (AvgIpc) is 3.27. The van der Waals surface area contributed by atoms with Crippen LogP contribution in [-0.4, -0.2) is 59.8 Å². The van der Waals surface area contributed by atoms with Crippen LogP contribution in [0.4, 0.5) is 11.5 Å². The van der Waals surface area contributed by atoms with Gasteiger partial charge < -0.3 is 23.7 Å². The van der Waals surface area contributed by atoms with Gasteiger partial charge >= 0.3 is 0 Å². The van der Waals surface area contributed by atoms with Crippen LogP contribution in [0.25, 0.3) is 16.9 Å². The predicted molar refractivity (Wildman–Crippen MR) is 130 cm³/mol. The molecular weight excluding hydrogens is 463 g/mol. The van der Waals surface area contributed by atoms with E-state index < -0.39 is 0 Å². The van der Waals surface area contributed by atoms with Crippen molar-refractivity contribution < 1.29 is 9.47 Å². The molecule has 0 spiro atoms. The molecule has 0 amide bonds. The first-order valence-corrected chi connectivity index (χ1v) is 11.2. The Morgan fingerprint density at radius 3 is 2.36 bits per heavy atom. The summed E-state index contributed by atoms with van der Waals surface area (Å²) in [5, 5.41) is 0.965. The lowest BCUT2D eigenvalue weighted by molar-refractivity contribution is 0.395. The number of rotatable bonds is 5. The molecule has 1 aromatic carbocycles. The SMILES string of the molecule is COc1cc(OC)c(-c2cn3ccc(N4CCN(c5cc(Cl)ncn5)CC4)cc3n2)cc1Cl. The zero-order chi connectivity index (χ0) is 22.9. The molecule has 0 unspecified atom stereocenters. The summed E-state index contributed by atoms with van der Waals surface area (Å²) in [6, 6.07) is 9.60. The normalized spacial score (nSPS) is 14.1. The van der Waals surface area contributed by atoms with Crippen LogP contribution in [0.15, 0.2) is 49.1 Å². The van der Waals surface area contributed by atoms with Crippen LogP contribution in [0.5, 0.6) is 11.5 Å². The highest BCUT2D eigenvalue weighted by Gasteiger charge is 2.20. The van der Waals surface area contributed by atoms with Gasteiger partial charge in [0, 0.05) is 68.0 Å². The van der Waals surface area contributed by atoms with Crippen molar-refractivity contribution in [1.29, 1.82) is 0 Å². The molecule has 0 saturated carbocycles. The van der Waals surface area contributed by atoms with Crippen molar-refractivity contribution >= 4 is 40.4 Å². The van der Waals surface area contributed by atoms with Crippen molar-refractivity contribution in [2.75, 3.05) is 50.2 Å². The Labute approximate surface area is 201 Å². The van der Waals surface area contributed by atoms with Gasteiger partial charge in [0.2, 0.25) is 0 Å². The topological polar surface area (TPSA) is 68.0 Å². The molecule has 0 atom stereocenters. The summed E-state index contributed by atoms with van der Waals surface area (Å²) in [7, 11) is 3.20. The highest BCUT2D eigenvalue weighted by molar-refractivity contribution is 6.32. The summed E-state index contributed by atoms with van der Waals surface area (Å²) in [6.07, 6.45) is 5.49. The molecule has 1 fully saturated rings. The van der Waals surface area contributed by atoms with Crippen molar-refractivity contribution in [3.8, 4) is 22.8 Å². The molecule has 3 aromatic heterocycles. The molecule has 4 aromatic rings. The van der Waals surface area contributed by atoms with Crippen LogP contribution >= 0.6 is 23.2 Å². The number of methoxy groups -OCH3 is 2. The third-order valence-electron chi connectivity index (χ3n) is 5.78. The van der Waals surface area contributed by atoms with Gasteiger partial charge in [-0.1, -0.05) is 23.2 Å². The Hall–Kier alpha value is -3.23. The van der Waals surface area contributed by atoms with Crippen molar-refractivity contribution in [2.24, 2.45) is 0 Å². The fourth-order valence-electron chi connectivity index (χ4n) is 4.05. The van der Waals surface area contributed by atoms with Crippen LogP contribution in [-0.2, 0) is 0 Å². The van der Waals surface area contributed by atoms with Gasteiger partial charge in [-0.15, -0.1) is 0 Å². The van der Waals surface area contributed by atoms with E-state index in [9.17, 15) is 0 Å². The number of hydrogen-bond acceptors (Lipinski definition) is 7. The molecule has 0 N–H and O–H groups in total. The van der Waals surface area contributed by atoms with Crippen LogP contribution in [0.2, 0.25) is 10.2 Å². The van der Waals surface area contributed by atoms with E-state index in [1.54, 1.807) is 26.4 Å². The number of imidazole rings is 1. The van der Waals surface area contributed by atoms with Crippen LogP contribution < -0.4 is 19.3 Å². The van der Waals surface area contributed by atoms with Crippen molar-refractivity contribution in [1.82, 2.24) is 19.4 Å². The standard InChI is InChI=1S/C23H22Cl2N6O2/c1-32-19-11-20(33-2)17(24)10-16(19)18-13-31-4-3-15(9-23(31)28-18)29-5-7-30(8-6-29)22-12-21(25)26-14-27-22/h3-4,9-14H,5-8H2,1-2H3. The molecule has 1 aliphatic rings. The van der Waals surface area contributed by atoms with E-state index in [0.29, 0.717) is 21.7 Å². The number of aromatic nitrogens is 4. The second kappa shape index (κ2) is 8.96. The molecule has 1 aliphatic heterocycles. The summed E-state index contributed by atoms with van der Waals surface area (Å²) in [5.74, 6) is 2.07. The number of ether oxygens (including phenoxy) is 2. The number of benzene rings is 1. The monoisotopic (exact) mass is 484 g/mol. The number of piperazine rings is 1. The molecule has 8 nitrogen and oxygen atoms in total. The number of nitrogens with zero attached hydrogens (tertiary/aromatic N) is 6. The lowest BCUT2D eigenvalue weighted by Crippen LogP contribution is -2.46. The van der Waals surface area contributed by atoms with Gasteiger partial charge in [0.1, 0.15) is 34.4 Å². The maximum atomic E-state index is 6.36. The fraction of sp³-hybridized carbons (Fsp3) is 0.261. The Bertz CT molecular complexity index is 1300. The Kier molecular flexibility index (Phi) is 5.86. The lowest BCUT2D eigenvalue weighted by atomic mass is 10.1. The summed E-state index contributed by atoms with van der Waals surface area (Å²) in [4.78, 5) is 17.7. The Morgan fingerprint density at radius 2 is 1.64 bits per heavy atom. The number of fused-ring (bicyclic) bond motifs is 1. The minimum Gasteiger partial charge on any atom is -0.496 e. The van der Waals surface area contributed by atoms with Gasteiger partial charge in [-0.25, -0.2) is 15.0 Å². The van der Waals surface area contributed by atoms with Gasteiger partial charge in [-0.3, -0.25) is 0 Å². The number of hydrogen-bond donors (Lipinski definition) is 0. The smallest absolute Gasteiger partial charge is 0.141 e. The van der Waals surface area contributed by atoms with Crippen LogP contribution in [0.3, 0.4) is 0 Å². The lowest BCUT2D eigenvalue weighted by Gasteiger charge is -2.36. The second-order valence-corrected chi connectivity index (χ2v) is 8.43. The molecule has 0 bridgehead atoms. The number of pyridine rings is 1. The highest BCUT2D eigenvalue weighted by Crippen LogP contribution is 2.38. The zero-order valence-corrected chi connectivity index (χ0v) is 19.7. The molecule has 1 saturated heterocycles. The van der Waals surface area contributed by atoms with E-state index in [-0.39, 0.29) is 0 Å². The third-order valence-corrected chi connectivity index (χ3v) is 6.28. The van der Waals surface area contributed by atoms with Gasteiger partial charge in [0.05, 0.1) is 24.9 Å². The largest absolute Gasteiger partial charge is 0.496 e. The molecule has 170 valence electrons. The van der Waals surface area contributed by atoms with Gasteiger partial charge in [-0.05, 0) is 12.1 Å². The fourth-order valence-corrected chi connectivity index (χ4v) is 4.43. The van der Waals surface area contributed by atoms with E-state index >= 15 is 0 Å². The van der Waals surface area contributed by atoms with Crippen molar-refractivity contribution in [3.63, 3.8) is 0 Å². The maximum Gasteiger partial charge on any atom is 0.141 e. The average molecular weight is 485 g/mol. The van der Waals surface area contributed by atoms with Crippen LogP contribution in [0, 0.1) is 0 Å². The molecule has 0 radical (unpaired) electrons. The summed E-state index contributed by atoms with van der Waals surface area (Å²) in [6.45, 7) is 3.43. The van der Waals surface area contributed by atoms with Gasteiger partial charge in [-0.2, -0.15) is 0 Å². The minimum absolute atomic E-state index is 0.456. The maximum absolute atomic E-state index is 6.36. The van der Waals surface area contributed by atoms with Gasteiger partial charge in [0.25, 0.3) is 0 Å². The summed E-state index contributed by atoms with van der Waals surface area (Å²) < 4.78 is 12.8. The van der Waals surface area contributed by atoms with E-state index in [2.05, 4.69) is 31.9 Å². The molecule has 33 heavy (non-hydrogen) atoms. The quantitative estimate of drug-likeness (QED) is 0.387. The first-order chi connectivity index (χ1) is 16.1.